The normalized spacial score (nSPS) is 32.4. The number of likely N-dealkylation sites (tertiary alicyclic amines) is 1. The Morgan fingerprint density at radius 1 is 1.30 bits per heavy atom. The van der Waals surface area contributed by atoms with Crippen molar-refractivity contribution in [3.05, 3.63) is 0 Å². The zero-order valence-corrected chi connectivity index (χ0v) is 12.5. The predicted octanol–water partition coefficient (Wildman–Crippen LogP) is 1.31. The van der Waals surface area contributed by atoms with E-state index < -0.39 is 29.8 Å². The summed E-state index contributed by atoms with van der Waals surface area (Å²) >= 11 is 0. The lowest BCUT2D eigenvalue weighted by molar-refractivity contribution is -0.152. The Hall–Kier alpha value is -1.30. The van der Waals surface area contributed by atoms with E-state index in [1.165, 1.54) is 4.90 Å². The Kier molecular flexibility index (Phi) is 3.95. The Morgan fingerprint density at radius 3 is 2.50 bits per heavy atom. The van der Waals surface area contributed by atoms with Crippen LogP contribution in [0, 0.1) is 5.92 Å². The van der Waals surface area contributed by atoms with Crippen LogP contribution in [0.1, 0.15) is 40.5 Å². The average molecular weight is 285 g/mol. The van der Waals surface area contributed by atoms with Crippen LogP contribution in [0.25, 0.3) is 0 Å². The molecule has 1 saturated carbocycles. The van der Waals surface area contributed by atoms with Crippen molar-refractivity contribution in [3.63, 3.8) is 0 Å². The van der Waals surface area contributed by atoms with Gasteiger partial charge in [-0.1, -0.05) is 0 Å². The summed E-state index contributed by atoms with van der Waals surface area (Å²) in [5, 5.41) is 9.96. The van der Waals surface area contributed by atoms with Gasteiger partial charge < -0.3 is 14.6 Å². The summed E-state index contributed by atoms with van der Waals surface area (Å²) in [6.07, 6.45) is 0.0251. The summed E-state index contributed by atoms with van der Waals surface area (Å²) in [5.41, 5.74) is -0.636. The molecule has 4 atom stereocenters. The third-order valence-corrected chi connectivity index (χ3v) is 3.77. The second-order valence-corrected chi connectivity index (χ2v) is 6.45. The van der Waals surface area contributed by atoms with Crippen molar-refractivity contribution in [1.82, 2.24) is 4.90 Å². The van der Waals surface area contributed by atoms with Gasteiger partial charge in [-0.15, -0.1) is 0 Å². The highest BCUT2D eigenvalue weighted by molar-refractivity contribution is 5.83. The van der Waals surface area contributed by atoms with Crippen molar-refractivity contribution in [2.45, 2.75) is 64.3 Å². The highest BCUT2D eigenvalue weighted by Crippen LogP contribution is 2.43. The minimum Gasteiger partial charge on any atom is -0.464 e. The molecule has 6 nitrogen and oxygen atoms in total. The monoisotopic (exact) mass is 285 g/mol. The summed E-state index contributed by atoms with van der Waals surface area (Å²) in [6, 6.07) is -0.970. The van der Waals surface area contributed by atoms with Crippen LogP contribution in [0.4, 0.5) is 4.79 Å². The van der Waals surface area contributed by atoms with Crippen LogP contribution in [0.3, 0.4) is 0 Å². The number of aliphatic hydroxyl groups is 1. The molecule has 2 fully saturated rings. The summed E-state index contributed by atoms with van der Waals surface area (Å²) in [7, 11) is 0. The summed E-state index contributed by atoms with van der Waals surface area (Å²) in [5.74, 6) is -0.445. The van der Waals surface area contributed by atoms with Gasteiger partial charge in [0.15, 0.2) is 0 Å². The lowest BCUT2D eigenvalue weighted by Gasteiger charge is -2.37. The van der Waals surface area contributed by atoms with Crippen LogP contribution < -0.4 is 0 Å². The molecule has 1 N–H and O–H groups in total. The van der Waals surface area contributed by atoms with E-state index in [4.69, 9.17) is 9.47 Å². The van der Waals surface area contributed by atoms with E-state index in [-0.39, 0.29) is 18.6 Å². The Morgan fingerprint density at radius 2 is 1.95 bits per heavy atom. The summed E-state index contributed by atoms with van der Waals surface area (Å²) < 4.78 is 10.4. The molecule has 1 amide bonds. The number of amides is 1. The SMILES string of the molecule is CCOC(=O)[C@@H]1[C@H]2C[C@H](O)[C@H](C2)N1C(=O)OC(C)(C)C. The van der Waals surface area contributed by atoms with Crippen LogP contribution in [-0.4, -0.2) is 52.5 Å². The Labute approximate surface area is 119 Å². The molecule has 20 heavy (non-hydrogen) atoms. The largest absolute Gasteiger partial charge is 0.464 e. The maximum Gasteiger partial charge on any atom is 0.411 e. The first kappa shape index (κ1) is 15.1. The van der Waals surface area contributed by atoms with Gasteiger partial charge in [0.25, 0.3) is 0 Å². The molecule has 114 valence electrons. The lowest BCUT2D eigenvalue weighted by Crippen LogP contribution is -2.55. The van der Waals surface area contributed by atoms with Crippen LogP contribution in [0.2, 0.25) is 0 Å². The smallest absolute Gasteiger partial charge is 0.411 e. The fourth-order valence-corrected chi connectivity index (χ4v) is 3.12. The molecule has 1 saturated heterocycles. The molecule has 1 aliphatic carbocycles. The van der Waals surface area contributed by atoms with Gasteiger partial charge in [0, 0.05) is 0 Å². The maximum atomic E-state index is 12.3. The molecule has 1 aliphatic heterocycles. The van der Waals surface area contributed by atoms with Crippen LogP contribution in [0.5, 0.6) is 0 Å². The second-order valence-electron chi connectivity index (χ2n) is 6.45. The van der Waals surface area contributed by atoms with Crippen LogP contribution in [0.15, 0.2) is 0 Å². The van der Waals surface area contributed by atoms with Gasteiger partial charge in [-0.3, -0.25) is 4.90 Å². The molecule has 6 heteroatoms. The van der Waals surface area contributed by atoms with E-state index in [0.29, 0.717) is 12.8 Å². The van der Waals surface area contributed by atoms with Gasteiger partial charge in [-0.25, -0.2) is 9.59 Å². The van der Waals surface area contributed by atoms with E-state index >= 15 is 0 Å². The van der Waals surface area contributed by atoms with Gasteiger partial charge >= 0.3 is 12.1 Å². The van der Waals surface area contributed by atoms with E-state index in [1.54, 1.807) is 27.7 Å². The van der Waals surface area contributed by atoms with Gasteiger partial charge in [0.2, 0.25) is 0 Å². The average Bonchev–Trinajstić information content (AvgIpc) is 2.82. The molecule has 0 aromatic heterocycles. The van der Waals surface area contributed by atoms with Crippen molar-refractivity contribution in [3.8, 4) is 0 Å². The number of piperidine rings is 1. The van der Waals surface area contributed by atoms with E-state index in [2.05, 4.69) is 0 Å². The molecule has 0 unspecified atom stereocenters. The molecule has 0 aromatic rings. The number of rotatable bonds is 2. The van der Waals surface area contributed by atoms with Gasteiger partial charge in [0.1, 0.15) is 11.6 Å². The molecule has 2 aliphatic rings. The minimum absolute atomic E-state index is 0.0402. The molecule has 1 heterocycles. The first-order valence-corrected chi connectivity index (χ1v) is 7.10. The standard InChI is InChI=1S/C14H23NO5/c1-5-19-12(17)11-8-6-9(10(16)7-8)15(11)13(18)20-14(2,3)4/h8-11,16H,5-7H2,1-4H3/t8-,9+,10+,11+/m1/s1. The highest BCUT2D eigenvalue weighted by Gasteiger charge is 2.57. The van der Waals surface area contributed by atoms with Gasteiger partial charge in [0.05, 0.1) is 18.8 Å². The van der Waals surface area contributed by atoms with E-state index in [1.807, 2.05) is 0 Å². The van der Waals surface area contributed by atoms with Gasteiger partial charge in [-0.05, 0) is 46.5 Å². The number of esters is 1. The van der Waals surface area contributed by atoms with Crippen LogP contribution >= 0.6 is 0 Å². The molecule has 2 bridgehead atoms. The number of hydrogen-bond acceptors (Lipinski definition) is 5. The maximum absolute atomic E-state index is 12.3. The third-order valence-electron chi connectivity index (χ3n) is 3.77. The second kappa shape index (κ2) is 5.24. The zero-order chi connectivity index (χ0) is 15.1. The van der Waals surface area contributed by atoms with Crippen molar-refractivity contribution in [2.75, 3.05) is 6.61 Å². The third kappa shape index (κ3) is 2.75. The molecule has 0 spiro atoms. The Bertz CT molecular complexity index is 403. The van der Waals surface area contributed by atoms with Crippen molar-refractivity contribution < 1.29 is 24.2 Å². The quantitative estimate of drug-likeness (QED) is 0.774. The lowest BCUT2D eigenvalue weighted by atomic mass is 9.98. The first-order valence-electron chi connectivity index (χ1n) is 7.10. The number of aliphatic hydroxyl groups excluding tert-OH is 1. The van der Waals surface area contributed by atoms with Crippen molar-refractivity contribution >= 4 is 12.1 Å². The van der Waals surface area contributed by atoms with Crippen molar-refractivity contribution in [2.24, 2.45) is 5.92 Å². The number of carbonyl (C=O) groups is 2. The predicted molar refractivity (Wildman–Crippen MR) is 71.0 cm³/mol. The number of nitrogens with zero attached hydrogens (tertiary/aromatic N) is 1. The van der Waals surface area contributed by atoms with E-state index in [9.17, 15) is 14.7 Å². The number of ether oxygens (including phenoxy) is 2. The van der Waals surface area contributed by atoms with Crippen LogP contribution in [-0.2, 0) is 14.3 Å². The summed E-state index contributed by atoms with van der Waals surface area (Å²) in [4.78, 5) is 25.7. The molecule has 0 aromatic carbocycles. The summed E-state index contributed by atoms with van der Waals surface area (Å²) in [6.45, 7) is 7.33. The Balaban J connectivity index is 2.18. The fourth-order valence-electron chi connectivity index (χ4n) is 3.12. The number of carbonyl (C=O) groups excluding carboxylic acids is 2. The van der Waals surface area contributed by atoms with E-state index in [0.717, 1.165) is 0 Å². The number of fused-ring (bicyclic) bond motifs is 2. The molecular weight excluding hydrogens is 262 g/mol. The first-order chi connectivity index (χ1) is 9.24. The topological polar surface area (TPSA) is 76.1 Å². The number of hydrogen-bond donors (Lipinski definition) is 1. The molecule has 0 radical (unpaired) electrons. The van der Waals surface area contributed by atoms with Gasteiger partial charge in [-0.2, -0.15) is 0 Å². The highest BCUT2D eigenvalue weighted by atomic mass is 16.6. The minimum atomic E-state index is -0.636. The molecule has 2 rings (SSSR count). The van der Waals surface area contributed by atoms with Crippen molar-refractivity contribution in [1.29, 1.82) is 0 Å². The molecular formula is C14H23NO5. The zero-order valence-electron chi connectivity index (χ0n) is 12.5. The fraction of sp³-hybridized carbons (Fsp3) is 0.857.